The molecule has 0 bridgehead atoms. The lowest BCUT2D eigenvalue weighted by atomic mass is 9.88. The smallest absolute Gasteiger partial charge is 0.0834 e. The lowest BCUT2D eigenvalue weighted by Gasteiger charge is -2.30. The lowest BCUT2D eigenvalue weighted by molar-refractivity contribution is 0.285. The van der Waals surface area contributed by atoms with Crippen molar-refractivity contribution in [2.75, 3.05) is 6.54 Å². The molecule has 0 aliphatic carbocycles. The summed E-state index contributed by atoms with van der Waals surface area (Å²) in [6, 6.07) is 0.588. The van der Waals surface area contributed by atoms with Crippen molar-refractivity contribution in [1.29, 1.82) is 0 Å². The quantitative estimate of drug-likeness (QED) is 0.802. The summed E-state index contributed by atoms with van der Waals surface area (Å²) in [4.78, 5) is 0. The van der Waals surface area contributed by atoms with Crippen molar-refractivity contribution in [3.05, 3.63) is 16.9 Å². The van der Waals surface area contributed by atoms with Crippen molar-refractivity contribution in [2.24, 2.45) is 11.8 Å². The van der Waals surface area contributed by atoms with Crippen LogP contribution >= 0.6 is 11.6 Å². The van der Waals surface area contributed by atoms with E-state index in [1.807, 2.05) is 0 Å². The summed E-state index contributed by atoms with van der Waals surface area (Å²) in [7, 11) is 0. The maximum Gasteiger partial charge on any atom is 0.0834 e. The molecule has 3 nitrogen and oxygen atoms in total. The summed E-state index contributed by atoms with van der Waals surface area (Å²) in [6.07, 6.45) is 2.89. The molecule has 1 aromatic rings. The molecule has 0 radical (unpaired) electrons. The molecule has 0 aromatic carbocycles. The summed E-state index contributed by atoms with van der Waals surface area (Å²) in [5.74, 6) is 1.11. The number of hydrogen-bond acceptors (Lipinski definition) is 2. The van der Waals surface area contributed by atoms with Gasteiger partial charge in [-0.1, -0.05) is 39.3 Å². The first-order chi connectivity index (χ1) is 8.90. The Morgan fingerprint density at radius 2 is 1.89 bits per heavy atom. The first kappa shape index (κ1) is 16.5. The summed E-state index contributed by atoms with van der Waals surface area (Å²) < 4.78 is 2.05. The van der Waals surface area contributed by atoms with Crippen molar-refractivity contribution < 1.29 is 0 Å². The van der Waals surface area contributed by atoms with Gasteiger partial charge in [-0.3, -0.25) is 4.68 Å². The second-order valence-corrected chi connectivity index (χ2v) is 6.36. The van der Waals surface area contributed by atoms with E-state index in [0.717, 1.165) is 23.7 Å². The third-order valence-corrected chi connectivity index (χ3v) is 4.05. The topological polar surface area (TPSA) is 29.9 Å². The number of halogens is 1. The summed E-state index contributed by atoms with van der Waals surface area (Å²) in [6.45, 7) is 14.3. The maximum atomic E-state index is 6.39. The Bertz CT molecular complexity index is 385. The van der Waals surface area contributed by atoms with Crippen LogP contribution in [0.3, 0.4) is 0 Å². The normalized spacial score (nSPS) is 15.2. The monoisotopic (exact) mass is 285 g/mol. The Morgan fingerprint density at radius 1 is 1.26 bits per heavy atom. The zero-order valence-electron chi connectivity index (χ0n) is 13.1. The van der Waals surface area contributed by atoms with Crippen LogP contribution in [0.5, 0.6) is 0 Å². The minimum atomic E-state index is 0.261. The Kier molecular flexibility index (Phi) is 6.34. The zero-order valence-corrected chi connectivity index (χ0v) is 13.8. The van der Waals surface area contributed by atoms with Crippen molar-refractivity contribution in [3.63, 3.8) is 0 Å². The molecule has 4 heteroatoms. The van der Waals surface area contributed by atoms with E-state index < -0.39 is 0 Å². The van der Waals surface area contributed by atoms with E-state index in [2.05, 4.69) is 56.6 Å². The SMILES string of the molecule is CCCNC(c1c(Cl)cnn1C(C)C)C(C)C(C)C. The van der Waals surface area contributed by atoms with Crippen LogP contribution in [0.4, 0.5) is 0 Å². The van der Waals surface area contributed by atoms with Crippen molar-refractivity contribution in [2.45, 2.75) is 60.0 Å². The molecule has 110 valence electrons. The highest BCUT2D eigenvalue weighted by atomic mass is 35.5. The highest BCUT2D eigenvalue weighted by molar-refractivity contribution is 6.31. The van der Waals surface area contributed by atoms with Crippen LogP contribution in [0.25, 0.3) is 0 Å². The van der Waals surface area contributed by atoms with E-state index >= 15 is 0 Å². The standard InChI is InChI=1S/C15H28ClN3/c1-7-8-17-14(12(6)10(2)3)15-13(16)9-18-19(15)11(4)5/h9-12,14,17H,7-8H2,1-6H3. The van der Waals surface area contributed by atoms with Gasteiger partial charge in [-0.15, -0.1) is 0 Å². The highest BCUT2D eigenvalue weighted by Gasteiger charge is 2.27. The van der Waals surface area contributed by atoms with Gasteiger partial charge in [0.05, 0.1) is 23.0 Å². The molecule has 0 amide bonds. The molecule has 1 aromatic heterocycles. The number of rotatable bonds is 7. The summed E-state index contributed by atoms with van der Waals surface area (Å²) in [5, 5.41) is 8.85. The van der Waals surface area contributed by atoms with Gasteiger partial charge in [-0.2, -0.15) is 5.10 Å². The summed E-state index contributed by atoms with van der Waals surface area (Å²) >= 11 is 6.39. The van der Waals surface area contributed by atoms with Gasteiger partial charge in [0.1, 0.15) is 0 Å². The Balaban J connectivity index is 3.12. The first-order valence-electron chi connectivity index (χ1n) is 7.36. The fourth-order valence-corrected chi connectivity index (χ4v) is 2.52. The highest BCUT2D eigenvalue weighted by Crippen LogP contribution is 2.33. The van der Waals surface area contributed by atoms with E-state index in [-0.39, 0.29) is 6.04 Å². The van der Waals surface area contributed by atoms with Gasteiger partial charge in [0.2, 0.25) is 0 Å². The zero-order chi connectivity index (χ0) is 14.6. The second kappa shape index (κ2) is 7.30. The first-order valence-corrected chi connectivity index (χ1v) is 7.74. The molecule has 0 fully saturated rings. The number of aromatic nitrogens is 2. The molecule has 2 unspecified atom stereocenters. The van der Waals surface area contributed by atoms with Gasteiger partial charge in [-0.05, 0) is 38.6 Å². The van der Waals surface area contributed by atoms with Crippen LogP contribution < -0.4 is 5.32 Å². The third-order valence-electron chi connectivity index (χ3n) is 3.76. The van der Waals surface area contributed by atoms with Gasteiger partial charge >= 0.3 is 0 Å². The molecular weight excluding hydrogens is 258 g/mol. The molecule has 0 saturated heterocycles. The van der Waals surface area contributed by atoms with E-state index in [1.165, 1.54) is 0 Å². The van der Waals surface area contributed by atoms with Gasteiger partial charge in [0.15, 0.2) is 0 Å². The van der Waals surface area contributed by atoms with Crippen LogP contribution in [0.2, 0.25) is 5.02 Å². The van der Waals surface area contributed by atoms with Crippen LogP contribution in [0, 0.1) is 11.8 Å². The van der Waals surface area contributed by atoms with Gasteiger partial charge in [0.25, 0.3) is 0 Å². The predicted molar refractivity (Wildman–Crippen MR) is 82.7 cm³/mol. The number of nitrogens with one attached hydrogen (secondary N) is 1. The minimum Gasteiger partial charge on any atom is -0.308 e. The predicted octanol–water partition coefficient (Wildman–Crippen LogP) is 4.45. The molecule has 0 spiro atoms. The number of hydrogen-bond donors (Lipinski definition) is 1. The summed E-state index contributed by atoms with van der Waals surface area (Å²) in [5.41, 5.74) is 1.13. The Labute approximate surface area is 122 Å². The Morgan fingerprint density at radius 3 is 2.37 bits per heavy atom. The molecule has 1 rings (SSSR count). The van der Waals surface area contributed by atoms with E-state index in [1.54, 1.807) is 6.20 Å². The second-order valence-electron chi connectivity index (χ2n) is 5.95. The van der Waals surface area contributed by atoms with E-state index in [4.69, 9.17) is 11.6 Å². The fraction of sp³-hybridized carbons (Fsp3) is 0.800. The van der Waals surface area contributed by atoms with Crippen LogP contribution in [-0.4, -0.2) is 16.3 Å². The average Bonchev–Trinajstić information content (AvgIpc) is 2.72. The van der Waals surface area contributed by atoms with Crippen molar-refractivity contribution >= 4 is 11.6 Å². The van der Waals surface area contributed by atoms with E-state index in [0.29, 0.717) is 17.9 Å². The van der Waals surface area contributed by atoms with Crippen LogP contribution in [0.1, 0.15) is 65.7 Å². The molecule has 19 heavy (non-hydrogen) atoms. The van der Waals surface area contributed by atoms with Gasteiger partial charge < -0.3 is 5.32 Å². The van der Waals surface area contributed by atoms with Gasteiger partial charge in [0, 0.05) is 6.04 Å². The molecule has 1 N–H and O–H groups in total. The lowest BCUT2D eigenvalue weighted by Crippen LogP contribution is -2.32. The third kappa shape index (κ3) is 3.96. The largest absolute Gasteiger partial charge is 0.308 e. The molecule has 0 saturated carbocycles. The van der Waals surface area contributed by atoms with E-state index in [9.17, 15) is 0 Å². The maximum absolute atomic E-state index is 6.39. The molecular formula is C15H28ClN3. The molecule has 1 heterocycles. The van der Waals surface area contributed by atoms with Gasteiger partial charge in [-0.25, -0.2) is 0 Å². The van der Waals surface area contributed by atoms with Crippen molar-refractivity contribution in [3.8, 4) is 0 Å². The van der Waals surface area contributed by atoms with Crippen LogP contribution in [0.15, 0.2) is 6.20 Å². The molecule has 0 aliphatic heterocycles. The fourth-order valence-electron chi connectivity index (χ4n) is 2.27. The van der Waals surface area contributed by atoms with Crippen molar-refractivity contribution in [1.82, 2.24) is 15.1 Å². The molecule has 0 aliphatic rings. The average molecular weight is 286 g/mol. The Hall–Kier alpha value is -0.540. The number of nitrogens with zero attached hydrogens (tertiary/aromatic N) is 2. The molecule has 2 atom stereocenters. The minimum absolute atomic E-state index is 0.261. The van der Waals surface area contributed by atoms with Crippen LogP contribution in [-0.2, 0) is 0 Å².